The Balaban J connectivity index is 2.31. The first-order valence-corrected chi connectivity index (χ1v) is 7.14. The lowest BCUT2D eigenvalue weighted by Gasteiger charge is -2.21. The predicted octanol–water partition coefficient (Wildman–Crippen LogP) is 2.34. The molecule has 19 heavy (non-hydrogen) atoms. The zero-order valence-electron chi connectivity index (χ0n) is 11.8. The fourth-order valence-electron chi connectivity index (χ4n) is 2.02. The Morgan fingerprint density at radius 1 is 1.21 bits per heavy atom. The van der Waals surface area contributed by atoms with Gasteiger partial charge in [-0.3, -0.25) is 9.78 Å². The van der Waals surface area contributed by atoms with Gasteiger partial charge >= 0.3 is 0 Å². The van der Waals surface area contributed by atoms with E-state index in [1.807, 2.05) is 24.0 Å². The molecule has 1 heterocycles. The second-order valence-electron chi connectivity index (χ2n) is 4.72. The molecule has 4 heteroatoms. The third-order valence-corrected chi connectivity index (χ3v) is 3.20. The van der Waals surface area contributed by atoms with Gasteiger partial charge in [-0.1, -0.05) is 12.8 Å². The average Bonchev–Trinajstić information content (AvgIpc) is 2.45. The fourth-order valence-corrected chi connectivity index (χ4v) is 2.02. The summed E-state index contributed by atoms with van der Waals surface area (Å²) < 4.78 is 0. The molecule has 0 atom stereocenters. The van der Waals surface area contributed by atoms with E-state index in [-0.39, 0.29) is 5.91 Å². The van der Waals surface area contributed by atoms with E-state index in [0.717, 1.165) is 44.3 Å². The lowest BCUT2D eigenvalue weighted by Crippen LogP contribution is -2.30. The Morgan fingerprint density at radius 3 is 2.53 bits per heavy atom. The number of hydrogen-bond acceptors (Lipinski definition) is 3. The van der Waals surface area contributed by atoms with Crippen LogP contribution in [0.3, 0.4) is 0 Å². The van der Waals surface area contributed by atoms with Gasteiger partial charge < -0.3 is 10.6 Å². The van der Waals surface area contributed by atoms with Crippen molar-refractivity contribution in [1.29, 1.82) is 0 Å². The summed E-state index contributed by atoms with van der Waals surface area (Å²) in [6, 6.07) is 3.91. The molecular weight excluding hydrogens is 238 g/mol. The highest BCUT2D eigenvalue weighted by Gasteiger charge is 2.11. The largest absolute Gasteiger partial charge is 0.339 e. The van der Waals surface area contributed by atoms with Crippen LogP contribution in [-0.4, -0.2) is 28.9 Å². The summed E-state index contributed by atoms with van der Waals surface area (Å²) in [4.78, 5) is 18.0. The van der Waals surface area contributed by atoms with Crippen LogP contribution in [0.1, 0.15) is 44.6 Å². The quantitative estimate of drug-likeness (QED) is 0.696. The topological polar surface area (TPSA) is 59.2 Å². The van der Waals surface area contributed by atoms with Crippen LogP contribution in [0.5, 0.6) is 0 Å². The van der Waals surface area contributed by atoms with Gasteiger partial charge in [-0.15, -0.1) is 0 Å². The maximum Gasteiger partial charge on any atom is 0.222 e. The van der Waals surface area contributed by atoms with Gasteiger partial charge in [0.1, 0.15) is 0 Å². The van der Waals surface area contributed by atoms with E-state index in [1.54, 1.807) is 12.4 Å². The number of pyridine rings is 1. The van der Waals surface area contributed by atoms with E-state index in [1.165, 1.54) is 0 Å². The second-order valence-corrected chi connectivity index (χ2v) is 4.72. The molecule has 0 saturated carbocycles. The first-order chi connectivity index (χ1) is 9.27. The van der Waals surface area contributed by atoms with Crippen molar-refractivity contribution in [3.05, 3.63) is 30.1 Å². The van der Waals surface area contributed by atoms with Crippen LogP contribution in [0, 0.1) is 0 Å². The van der Waals surface area contributed by atoms with E-state index >= 15 is 0 Å². The Kier molecular flexibility index (Phi) is 7.82. The molecule has 0 aliphatic carbocycles. The molecule has 1 aromatic heterocycles. The molecule has 4 nitrogen and oxygen atoms in total. The van der Waals surface area contributed by atoms with Crippen LogP contribution >= 0.6 is 0 Å². The Bertz CT molecular complexity index is 354. The molecule has 1 rings (SSSR count). The second kappa shape index (κ2) is 9.50. The lowest BCUT2D eigenvalue weighted by molar-refractivity contribution is -0.131. The summed E-state index contributed by atoms with van der Waals surface area (Å²) in [5, 5.41) is 0. The summed E-state index contributed by atoms with van der Waals surface area (Å²) >= 11 is 0. The van der Waals surface area contributed by atoms with Gasteiger partial charge in [0.2, 0.25) is 5.91 Å². The van der Waals surface area contributed by atoms with E-state index < -0.39 is 0 Å². The van der Waals surface area contributed by atoms with Crippen molar-refractivity contribution >= 4 is 5.91 Å². The zero-order chi connectivity index (χ0) is 13.9. The first kappa shape index (κ1) is 15.6. The maximum atomic E-state index is 12.1. The van der Waals surface area contributed by atoms with Crippen molar-refractivity contribution in [2.45, 2.75) is 45.6 Å². The third-order valence-electron chi connectivity index (χ3n) is 3.20. The van der Waals surface area contributed by atoms with Crippen molar-refractivity contribution in [2.24, 2.45) is 5.73 Å². The highest BCUT2D eigenvalue weighted by Crippen LogP contribution is 2.08. The van der Waals surface area contributed by atoms with E-state index in [0.29, 0.717) is 13.0 Å². The maximum absolute atomic E-state index is 12.1. The highest BCUT2D eigenvalue weighted by molar-refractivity contribution is 5.76. The fraction of sp³-hybridized carbons (Fsp3) is 0.600. The number of unbranched alkanes of at least 4 members (excludes halogenated alkanes) is 3. The molecule has 0 saturated heterocycles. The zero-order valence-corrected chi connectivity index (χ0v) is 11.8. The van der Waals surface area contributed by atoms with Gasteiger partial charge in [0, 0.05) is 31.9 Å². The van der Waals surface area contributed by atoms with Crippen molar-refractivity contribution < 1.29 is 4.79 Å². The molecule has 106 valence electrons. The minimum Gasteiger partial charge on any atom is -0.339 e. The molecule has 0 aliphatic rings. The molecule has 0 spiro atoms. The number of nitrogens with two attached hydrogens (primary N) is 1. The molecule has 1 amide bonds. The number of aromatic nitrogens is 1. The van der Waals surface area contributed by atoms with Crippen molar-refractivity contribution in [1.82, 2.24) is 9.88 Å². The number of nitrogens with zero attached hydrogens (tertiary/aromatic N) is 2. The number of hydrogen-bond donors (Lipinski definition) is 1. The highest BCUT2D eigenvalue weighted by atomic mass is 16.2. The van der Waals surface area contributed by atoms with Crippen LogP contribution < -0.4 is 5.73 Å². The lowest BCUT2D eigenvalue weighted by atomic mass is 10.1. The van der Waals surface area contributed by atoms with Crippen LogP contribution in [0.15, 0.2) is 24.5 Å². The number of carbonyl (C=O) groups is 1. The summed E-state index contributed by atoms with van der Waals surface area (Å²) in [5.74, 6) is 0.243. The molecular formula is C15H25N3O. The predicted molar refractivity (Wildman–Crippen MR) is 77.5 cm³/mol. The number of carbonyl (C=O) groups excluding carboxylic acids is 1. The molecule has 0 radical (unpaired) electrons. The average molecular weight is 263 g/mol. The molecule has 0 bridgehead atoms. The molecule has 0 fully saturated rings. The normalized spacial score (nSPS) is 10.4. The SMILES string of the molecule is CCN(Cc1ccncc1)C(=O)CCCCCCN. The van der Waals surface area contributed by atoms with Crippen LogP contribution in [0.2, 0.25) is 0 Å². The summed E-state index contributed by atoms with van der Waals surface area (Å²) in [5.41, 5.74) is 6.58. The van der Waals surface area contributed by atoms with E-state index in [4.69, 9.17) is 5.73 Å². The minimum absolute atomic E-state index is 0.243. The monoisotopic (exact) mass is 263 g/mol. The third kappa shape index (κ3) is 6.34. The van der Waals surface area contributed by atoms with Crippen LogP contribution in [-0.2, 0) is 11.3 Å². The van der Waals surface area contributed by atoms with Gasteiger partial charge in [0.15, 0.2) is 0 Å². The molecule has 0 unspecified atom stereocenters. The van der Waals surface area contributed by atoms with Crippen molar-refractivity contribution in [3.63, 3.8) is 0 Å². The number of amides is 1. The summed E-state index contributed by atoms with van der Waals surface area (Å²) in [7, 11) is 0. The van der Waals surface area contributed by atoms with Gasteiger partial charge in [0.05, 0.1) is 0 Å². The smallest absolute Gasteiger partial charge is 0.222 e. The first-order valence-electron chi connectivity index (χ1n) is 7.14. The van der Waals surface area contributed by atoms with Gasteiger partial charge in [-0.25, -0.2) is 0 Å². The summed E-state index contributed by atoms with van der Waals surface area (Å²) in [6.45, 7) is 4.20. The number of rotatable bonds is 9. The molecule has 1 aromatic rings. The molecule has 0 aromatic carbocycles. The van der Waals surface area contributed by atoms with Crippen molar-refractivity contribution in [2.75, 3.05) is 13.1 Å². The molecule has 2 N–H and O–H groups in total. The Morgan fingerprint density at radius 2 is 1.89 bits per heavy atom. The van der Waals surface area contributed by atoms with Gasteiger partial charge in [-0.2, -0.15) is 0 Å². The summed E-state index contributed by atoms with van der Waals surface area (Å²) in [6.07, 6.45) is 8.41. The van der Waals surface area contributed by atoms with Gasteiger partial charge in [-0.05, 0) is 44.0 Å². The Labute approximate surface area is 116 Å². The molecule has 0 aliphatic heterocycles. The van der Waals surface area contributed by atoms with E-state index in [9.17, 15) is 4.79 Å². The standard InChI is InChI=1S/C15H25N3O/c1-2-18(13-14-8-11-17-12-9-14)15(19)7-5-3-4-6-10-16/h8-9,11-12H,2-7,10,13,16H2,1H3. The van der Waals surface area contributed by atoms with Gasteiger partial charge in [0.25, 0.3) is 0 Å². The van der Waals surface area contributed by atoms with Crippen LogP contribution in [0.4, 0.5) is 0 Å². The Hall–Kier alpha value is -1.42. The van der Waals surface area contributed by atoms with E-state index in [2.05, 4.69) is 4.98 Å². The van der Waals surface area contributed by atoms with Crippen molar-refractivity contribution in [3.8, 4) is 0 Å². The van der Waals surface area contributed by atoms with Crippen LogP contribution in [0.25, 0.3) is 0 Å². The minimum atomic E-state index is 0.243.